The molecule has 1 atom stereocenters. The van der Waals surface area contributed by atoms with Crippen molar-refractivity contribution in [2.24, 2.45) is 7.05 Å². The van der Waals surface area contributed by atoms with Crippen LogP contribution in [-0.2, 0) is 7.05 Å². The molecule has 1 aromatic carbocycles. The molecule has 4 rings (SSSR count). The maximum atomic E-state index is 13.6. The highest BCUT2D eigenvalue weighted by molar-refractivity contribution is 8.00. The van der Waals surface area contributed by atoms with Crippen molar-refractivity contribution >= 4 is 34.9 Å². The van der Waals surface area contributed by atoms with Gasteiger partial charge < -0.3 is 10.2 Å². The number of halogens is 1. The van der Waals surface area contributed by atoms with Gasteiger partial charge in [0, 0.05) is 32.1 Å². The van der Waals surface area contributed by atoms with Crippen molar-refractivity contribution in [1.82, 2.24) is 25.0 Å². The third kappa shape index (κ3) is 4.10. The van der Waals surface area contributed by atoms with E-state index in [1.807, 2.05) is 0 Å². The lowest BCUT2D eigenvalue weighted by molar-refractivity contribution is 0.0747. The van der Waals surface area contributed by atoms with Crippen molar-refractivity contribution in [3.8, 4) is 10.4 Å². The molecule has 2 aromatic heterocycles. The van der Waals surface area contributed by atoms with Crippen LogP contribution in [0.2, 0.25) is 0 Å². The molecule has 1 fully saturated rings. The highest BCUT2D eigenvalue weighted by Crippen LogP contribution is 2.32. The normalized spacial score (nSPS) is 16.1. The van der Waals surface area contributed by atoms with Gasteiger partial charge in [-0.15, -0.1) is 23.1 Å². The summed E-state index contributed by atoms with van der Waals surface area (Å²) in [6, 6.07) is 6.14. The molecule has 0 aliphatic carbocycles. The first-order valence-corrected chi connectivity index (χ1v) is 11.3. The van der Waals surface area contributed by atoms with Gasteiger partial charge in [-0.2, -0.15) is 5.10 Å². The molecule has 1 N–H and O–H groups in total. The summed E-state index contributed by atoms with van der Waals surface area (Å²) in [7, 11) is 1.76. The summed E-state index contributed by atoms with van der Waals surface area (Å²) >= 11 is 2.92. The topological polar surface area (TPSA) is 80.1 Å². The standard InChI is InChI=1S/C20H20FN5O2S2/c1-12-15(10-25(2)24-12)19(27)22-9-16-26(6-7-29-16)20(28)17-18(30-11-23-17)13-4-3-5-14(21)8-13/h3-5,8,10-11,16H,6-7,9H2,1-2H3,(H,22,27). The zero-order valence-corrected chi connectivity index (χ0v) is 18.1. The van der Waals surface area contributed by atoms with Gasteiger partial charge in [-0.25, -0.2) is 9.37 Å². The van der Waals surface area contributed by atoms with E-state index in [9.17, 15) is 14.0 Å². The first-order valence-electron chi connectivity index (χ1n) is 9.34. The second kappa shape index (κ2) is 8.57. The Morgan fingerprint density at radius 2 is 2.20 bits per heavy atom. The average Bonchev–Trinajstić information content (AvgIpc) is 3.45. The molecule has 7 nitrogen and oxygen atoms in total. The fourth-order valence-corrected chi connectivity index (χ4v) is 5.32. The maximum absolute atomic E-state index is 13.6. The predicted octanol–water partition coefficient (Wildman–Crippen LogP) is 2.94. The molecule has 0 spiro atoms. The van der Waals surface area contributed by atoms with Gasteiger partial charge in [0.25, 0.3) is 11.8 Å². The minimum Gasteiger partial charge on any atom is -0.349 e. The first-order chi connectivity index (χ1) is 14.4. The molecule has 3 heterocycles. The largest absolute Gasteiger partial charge is 0.349 e. The summed E-state index contributed by atoms with van der Waals surface area (Å²) in [5.41, 5.74) is 3.71. The fourth-order valence-electron chi connectivity index (χ4n) is 3.39. The number of hydrogen-bond donors (Lipinski definition) is 1. The Bertz CT molecular complexity index is 1100. The lowest BCUT2D eigenvalue weighted by Crippen LogP contribution is -2.42. The van der Waals surface area contributed by atoms with Crippen LogP contribution >= 0.6 is 23.1 Å². The number of nitrogens with zero attached hydrogens (tertiary/aromatic N) is 4. The van der Waals surface area contributed by atoms with Crippen LogP contribution in [0.15, 0.2) is 36.0 Å². The number of hydrogen-bond acceptors (Lipinski definition) is 6. The summed E-state index contributed by atoms with van der Waals surface area (Å²) in [6.45, 7) is 2.67. The van der Waals surface area contributed by atoms with Crippen molar-refractivity contribution < 1.29 is 14.0 Å². The molecule has 1 unspecified atom stereocenters. The molecule has 0 bridgehead atoms. The van der Waals surface area contributed by atoms with Crippen LogP contribution in [0.5, 0.6) is 0 Å². The van der Waals surface area contributed by atoms with E-state index in [0.717, 1.165) is 5.75 Å². The van der Waals surface area contributed by atoms with Gasteiger partial charge in [0.1, 0.15) is 11.5 Å². The molecule has 0 radical (unpaired) electrons. The van der Waals surface area contributed by atoms with Crippen LogP contribution in [0.3, 0.4) is 0 Å². The van der Waals surface area contributed by atoms with Gasteiger partial charge >= 0.3 is 0 Å². The summed E-state index contributed by atoms with van der Waals surface area (Å²) in [5.74, 6) is -0.00768. The number of benzene rings is 1. The lowest BCUT2D eigenvalue weighted by Gasteiger charge is -2.23. The van der Waals surface area contributed by atoms with Gasteiger partial charge in [0.15, 0.2) is 0 Å². The first kappa shape index (κ1) is 20.5. The smallest absolute Gasteiger partial charge is 0.274 e. The summed E-state index contributed by atoms with van der Waals surface area (Å²) in [4.78, 5) is 32.3. The molecule has 1 aliphatic heterocycles. The SMILES string of the molecule is Cc1nn(C)cc1C(=O)NCC1SCCN1C(=O)c1ncsc1-c1cccc(F)c1. The number of thiazole rings is 1. The zero-order valence-electron chi connectivity index (χ0n) is 16.5. The van der Waals surface area contributed by atoms with Crippen molar-refractivity contribution in [3.05, 3.63) is 58.7 Å². The minimum absolute atomic E-state index is 0.194. The fraction of sp³-hybridized carbons (Fsp3) is 0.300. The zero-order chi connectivity index (χ0) is 21.3. The molecular formula is C20H20FN5O2S2. The number of carbonyl (C=O) groups excluding carboxylic acids is 2. The second-order valence-electron chi connectivity index (χ2n) is 6.88. The highest BCUT2D eigenvalue weighted by atomic mass is 32.2. The number of carbonyl (C=O) groups is 2. The molecule has 30 heavy (non-hydrogen) atoms. The number of nitrogens with one attached hydrogen (secondary N) is 1. The molecule has 156 valence electrons. The van der Waals surface area contributed by atoms with Gasteiger partial charge in [-0.05, 0) is 24.6 Å². The van der Waals surface area contributed by atoms with Crippen LogP contribution in [0.25, 0.3) is 10.4 Å². The van der Waals surface area contributed by atoms with E-state index >= 15 is 0 Å². The molecule has 1 saturated heterocycles. The summed E-state index contributed by atoms with van der Waals surface area (Å²) in [5, 5.41) is 6.90. The van der Waals surface area contributed by atoms with Crippen LogP contribution in [-0.4, -0.2) is 55.7 Å². The molecule has 3 aromatic rings. The lowest BCUT2D eigenvalue weighted by atomic mass is 10.1. The number of rotatable bonds is 5. The number of aromatic nitrogens is 3. The van der Waals surface area contributed by atoms with E-state index in [4.69, 9.17) is 0 Å². The van der Waals surface area contributed by atoms with Crippen LogP contribution < -0.4 is 5.32 Å². The molecule has 0 saturated carbocycles. The van der Waals surface area contributed by atoms with Gasteiger partial charge in [-0.1, -0.05) is 12.1 Å². The quantitative estimate of drug-likeness (QED) is 0.653. The van der Waals surface area contributed by atoms with Crippen LogP contribution in [0, 0.1) is 12.7 Å². The molecular weight excluding hydrogens is 425 g/mol. The number of aryl methyl sites for hydroxylation is 2. The Morgan fingerprint density at radius 3 is 2.93 bits per heavy atom. The van der Waals surface area contributed by atoms with Gasteiger partial charge in [0.2, 0.25) is 0 Å². The second-order valence-corrected chi connectivity index (χ2v) is 9.02. The molecule has 1 aliphatic rings. The van der Waals surface area contributed by atoms with Crippen molar-refractivity contribution in [1.29, 1.82) is 0 Å². The van der Waals surface area contributed by atoms with Crippen molar-refractivity contribution in [2.45, 2.75) is 12.3 Å². The van der Waals surface area contributed by atoms with Gasteiger partial charge in [-0.3, -0.25) is 14.3 Å². The molecule has 10 heteroatoms. The maximum Gasteiger partial charge on any atom is 0.274 e. The highest BCUT2D eigenvalue weighted by Gasteiger charge is 2.33. The van der Waals surface area contributed by atoms with Gasteiger partial charge in [0.05, 0.1) is 27.0 Å². The summed E-state index contributed by atoms with van der Waals surface area (Å²) in [6.07, 6.45) is 1.68. The monoisotopic (exact) mass is 445 g/mol. The van der Waals surface area contributed by atoms with E-state index in [0.29, 0.717) is 40.5 Å². The Labute approximate surface area is 181 Å². The number of thioether (sulfide) groups is 1. The Balaban J connectivity index is 1.48. The van der Waals surface area contributed by atoms with E-state index in [1.54, 1.807) is 59.2 Å². The number of amides is 2. The predicted molar refractivity (Wildman–Crippen MR) is 115 cm³/mol. The minimum atomic E-state index is -0.359. The Morgan fingerprint density at radius 1 is 1.37 bits per heavy atom. The third-order valence-corrected chi connectivity index (χ3v) is 6.90. The summed E-state index contributed by atoms with van der Waals surface area (Å²) < 4.78 is 15.2. The van der Waals surface area contributed by atoms with Crippen LogP contribution in [0.4, 0.5) is 4.39 Å². The van der Waals surface area contributed by atoms with Crippen LogP contribution in [0.1, 0.15) is 26.5 Å². The van der Waals surface area contributed by atoms with E-state index in [2.05, 4.69) is 15.4 Å². The average molecular weight is 446 g/mol. The van der Waals surface area contributed by atoms with E-state index in [1.165, 1.54) is 23.5 Å². The Kier molecular flexibility index (Phi) is 5.87. The van der Waals surface area contributed by atoms with E-state index in [-0.39, 0.29) is 23.0 Å². The van der Waals surface area contributed by atoms with E-state index < -0.39 is 0 Å². The van der Waals surface area contributed by atoms with Crippen molar-refractivity contribution in [2.75, 3.05) is 18.8 Å². The molecule has 2 amide bonds. The Hall–Kier alpha value is -2.72. The van der Waals surface area contributed by atoms with Crippen molar-refractivity contribution in [3.63, 3.8) is 0 Å². The third-order valence-electron chi connectivity index (χ3n) is 4.80.